The van der Waals surface area contributed by atoms with E-state index in [4.69, 9.17) is 0 Å². The Bertz CT molecular complexity index is 563. The molecule has 20 heavy (non-hydrogen) atoms. The minimum atomic E-state index is -1.90. The molecule has 97 valence electrons. The number of hydrogen-bond acceptors (Lipinski definition) is 0. The molecule has 3 aromatic rings. The largest absolute Gasteiger partial charge is 0.145 e. The summed E-state index contributed by atoms with van der Waals surface area (Å²) in [5.41, 5.74) is 0. The zero-order valence-electron chi connectivity index (χ0n) is 11.6. The molecule has 0 atom stereocenters. The monoisotopic (exact) mass is 273 g/mol. The van der Waals surface area contributed by atoms with Crippen molar-refractivity contribution < 1.29 is 0 Å². The van der Waals surface area contributed by atoms with E-state index in [9.17, 15) is 0 Å². The Morgan fingerprint density at radius 2 is 1.00 bits per heavy atom. The molecule has 0 aromatic heterocycles. The van der Waals surface area contributed by atoms with Crippen LogP contribution in [-0.4, -0.2) is 8.07 Å². The van der Waals surface area contributed by atoms with Gasteiger partial charge < -0.3 is 0 Å². The molecule has 3 rings (SSSR count). The fourth-order valence-electron chi connectivity index (χ4n) is 2.76. The van der Waals surface area contributed by atoms with Gasteiger partial charge in [-0.15, -0.1) is 0 Å². The zero-order valence-corrected chi connectivity index (χ0v) is 12.6. The predicted octanol–water partition coefficient (Wildman–Crippen LogP) is 2.59. The second kappa shape index (κ2) is 5.47. The number of hydrogen-bond donors (Lipinski definition) is 0. The molecular formula is C19H17Si. The van der Waals surface area contributed by atoms with Crippen molar-refractivity contribution in [1.29, 1.82) is 0 Å². The van der Waals surface area contributed by atoms with E-state index in [-0.39, 0.29) is 0 Å². The molecule has 3 aromatic carbocycles. The third-order valence-corrected chi connectivity index (χ3v) is 8.46. The average molecular weight is 273 g/mol. The van der Waals surface area contributed by atoms with Gasteiger partial charge in [-0.25, -0.2) is 0 Å². The molecule has 0 aliphatic rings. The smallest absolute Gasteiger partial charge is 0.0624 e. The summed E-state index contributed by atoms with van der Waals surface area (Å²) in [5.74, 6) is 0. The van der Waals surface area contributed by atoms with Crippen LogP contribution in [0.25, 0.3) is 0 Å². The number of benzene rings is 3. The molecule has 1 heteroatoms. The van der Waals surface area contributed by atoms with Crippen molar-refractivity contribution in [2.45, 2.75) is 6.55 Å². The molecule has 0 nitrogen and oxygen atoms in total. The Balaban J connectivity index is 2.24. The van der Waals surface area contributed by atoms with E-state index in [0.29, 0.717) is 0 Å². The first-order valence-corrected chi connectivity index (χ1v) is 9.39. The van der Waals surface area contributed by atoms with Crippen molar-refractivity contribution in [3.8, 4) is 0 Å². The lowest BCUT2D eigenvalue weighted by Crippen LogP contribution is -2.64. The maximum Gasteiger partial charge on any atom is 0.145 e. The molecule has 0 fully saturated rings. The molecule has 0 saturated carbocycles. The Morgan fingerprint density at radius 1 is 0.600 bits per heavy atom. The highest BCUT2D eigenvalue weighted by molar-refractivity contribution is 7.10. The lowest BCUT2D eigenvalue weighted by molar-refractivity contribution is 1.66. The van der Waals surface area contributed by atoms with Crippen LogP contribution in [0, 0.1) is 6.07 Å². The maximum absolute atomic E-state index is 3.13. The molecule has 0 amide bonds. The first-order valence-electron chi connectivity index (χ1n) is 6.89. The van der Waals surface area contributed by atoms with Crippen molar-refractivity contribution in [2.75, 3.05) is 0 Å². The molecule has 0 heterocycles. The van der Waals surface area contributed by atoms with Gasteiger partial charge in [0.05, 0.1) is 0 Å². The van der Waals surface area contributed by atoms with Crippen molar-refractivity contribution in [3.05, 3.63) is 91.0 Å². The van der Waals surface area contributed by atoms with Gasteiger partial charge in [0, 0.05) is 0 Å². The van der Waals surface area contributed by atoms with Crippen molar-refractivity contribution in [1.82, 2.24) is 0 Å². The van der Waals surface area contributed by atoms with Gasteiger partial charge in [0.1, 0.15) is 8.07 Å². The minimum Gasteiger partial charge on any atom is -0.0624 e. The van der Waals surface area contributed by atoms with Gasteiger partial charge in [-0.3, -0.25) is 0 Å². The third-order valence-electron chi connectivity index (χ3n) is 4.00. The van der Waals surface area contributed by atoms with E-state index in [1.54, 1.807) is 0 Å². The van der Waals surface area contributed by atoms with Gasteiger partial charge >= 0.3 is 0 Å². The van der Waals surface area contributed by atoms with Crippen molar-refractivity contribution in [2.24, 2.45) is 0 Å². The molecule has 0 unspecified atom stereocenters. The van der Waals surface area contributed by atoms with Crippen molar-refractivity contribution in [3.63, 3.8) is 0 Å². The lowest BCUT2D eigenvalue weighted by Gasteiger charge is -2.29. The van der Waals surface area contributed by atoms with Crippen LogP contribution in [0.4, 0.5) is 0 Å². The van der Waals surface area contributed by atoms with Crippen LogP contribution in [0.1, 0.15) is 0 Å². The predicted molar refractivity (Wildman–Crippen MR) is 88.7 cm³/mol. The highest BCUT2D eigenvalue weighted by atomic mass is 28.3. The fourth-order valence-corrected chi connectivity index (χ4v) is 6.31. The Labute approximate surface area is 121 Å². The Kier molecular flexibility index (Phi) is 3.53. The van der Waals surface area contributed by atoms with E-state index in [2.05, 4.69) is 85.4 Å². The second-order valence-corrected chi connectivity index (χ2v) is 9.13. The zero-order chi connectivity index (χ0) is 13.8. The Morgan fingerprint density at radius 3 is 1.45 bits per heavy atom. The van der Waals surface area contributed by atoms with Gasteiger partial charge in [-0.2, -0.15) is 0 Å². The standard InChI is InChI=1S/C19H17Si/c1-20(17-11-5-2-6-12-17,18-13-7-3-8-14-18)19-15-9-4-10-16-19/h2-3,5-16H,1H3. The Hall–Kier alpha value is -2.12. The summed E-state index contributed by atoms with van der Waals surface area (Å²) in [4.78, 5) is 0. The molecule has 0 saturated heterocycles. The van der Waals surface area contributed by atoms with Crippen LogP contribution in [-0.2, 0) is 0 Å². The van der Waals surface area contributed by atoms with E-state index < -0.39 is 8.07 Å². The summed E-state index contributed by atoms with van der Waals surface area (Å²) < 4.78 is 0. The van der Waals surface area contributed by atoms with E-state index in [0.717, 1.165) is 0 Å². The topological polar surface area (TPSA) is 0 Å². The third kappa shape index (κ3) is 2.21. The van der Waals surface area contributed by atoms with E-state index in [1.165, 1.54) is 15.6 Å². The van der Waals surface area contributed by atoms with Crippen molar-refractivity contribution >= 4 is 23.6 Å². The molecule has 1 radical (unpaired) electrons. The molecular weight excluding hydrogens is 256 g/mol. The summed E-state index contributed by atoms with van der Waals surface area (Å²) in [5, 5.41) is 4.31. The molecule has 0 bridgehead atoms. The van der Waals surface area contributed by atoms with Crippen LogP contribution < -0.4 is 15.6 Å². The summed E-state index contributed by atoms with van der Waals surface area (Å²) >= 11 is 0. The summed E-state index contributed by atoms with van der Waals surface area (Å²) in [6, 6.07) is 33.4. The lowest BCUT2D eigenvalue weighted by atomic mass is 10.3. The van der Waals surface area contributed by atoms with Gasteiger partial charge in [0.2, 0.25) is 0 Å². The quantitative estimate of drug-likeness (QED) is 0.508. The van der Waals surface area contributed by atoms with Gasteiger partial charge in [0.15, 0.2) is 0 Å². The molecule has 0 N–H and O–H groups in total. The molecule has 0 spiro atoms. The highest BCUT2D eigenvalue weighted by Crippen LogP contribution is 2.06. The van der Waals surface area contributed by atoms with Crippen LogP contribution in [0.5, 0.6) is 0 Å². The SMILES string of the molecule is C[Si](c1cc[c]cc1)(c1ccccc1)c1ccccc1. The van der Waals surface area contributed by atoms with E-state index in [1.807, 2.05) is 12.1 Å². The first-order chi connectivity index (χ1) is 9.82. The van der Waals surface area contributed by atoms with Crippen LogP contribution in [0.2, 0.25) is 6.55 Å². The normalized spacial score (nSPS) is 11.2. The van der Waals surface area contributed by atoms with E-state index >= 15 is 0 Å². The van der Waals surface area contributed by atoms with Gasteiger partial charge in [0.25, 0.3) is 0 Å². The van der Waals surface area contributed by atoms with Gasteiger partial charge in [-0.05, 0) is 21.6 Å². The van der Waals surface area contributed by atoms with Crippen LogP contribution >= 0.6 is 0 Å². The molecule has 0 aliphatic carbocycles. The average Bonchev–Trinajstić information content (AvgIpc) is 2.56. The molecule has 0 aliphatic heterocycles. The minimum absolute atomic E-state index is 1.42. The van der Waals surface area contributed by atoms with Crippen LogP contribution in [0.15, 0.2) is 84.9 Å². The highest BCUT2D eigenvalue weighted by Gasteiger charge is 2.33. The summed E-state index contributed by atoms with van der Waals surface area (Å²) in [6.45, 7) is 2.42. The second-order valence-electron chi connectivity index (χ2n) is 5.15. The van der Waals surface area contributed by atoms with Crippen LogP contribution in [0.3, 0.4) is 0 Å². The fraction of sp³-hybridized carbons (Fsp3) is 0.0526. The maximum atomic E-state index is 3.13. The number of rotatable bonds is 3. The summed E-state index contributed by atoms with van der Waals surface area (Å²) in [7, 11) is -1.90. The summed E-state index contributed by atoms with van der Waals surface area (Å²) in [6.07, 6.45) is 0. The first kappa shape index (κ1) is 12.9. The van der Waals surface area contributed by atoms with Gasteiger partial charge in [-0.1, -0.05) is 91.5 Å².